The second-order valence-corrected chi connectivity index (χ2v) is 9.00. The van der Waals surface area contributed by atoms with Crippen molar-refractivity contribution in [2.75, 3.05) is 52.5 Å². The molecule has 0 saturated carbocycles. The number of amidine groups is 1. The molecule has 0 bridgehead atoms. The predicted octanol–water partition coefficient (Wildman–Crippen LogP) is 4.21. The number of nitrogens with zero attached hydrogens (tertiary/aromatic N) is 3. The molecule has 6 nitrogen and oxygen atoms in total. The van der Waals surface area contributed by atoms with Crippen LogP contribution in [-0.2, 0) is 14.3 Å². The SMILES string of the molecule is CCCC(=O)OCCOCCN1CCN(C2=Nc3ccccc3Sc3ccccc32)CC1. The van der Waals surface area contributed by atoms with Crippen LogP contribution in [0.2, 0.25) is 0 Å². The fraction of sp³-hybridized carbons (Fsp3) is 0.440. The molecular formula is C25H31N3O3S. The molecule has 170 valence electrons. The van der Waals surface area contributed by atoms with Crippen molar-refractivity contribution in [2.45, 2.75) is 29.6 Å². The van der Waals surface area contributed by atoms with Crippen LogP contribution >= 0.6 is 11.8 Å². The van der Waals surface area contributed by atoms with Crippen molar-refractivity contribution in [1.29, 1.82) is 0 Å². The summed E-state index contributed by atoms with van der Waals surface area (Å²) in [6, 6.07) is 16.9. The first-order valence-corrected chi connectivity index (χ1v) is 12.2. The van der Waals surface area contributed by atoms with Crippen molar-refractivity contribution in [3.8, 4) is 0 Å². The molecule has 4 rings (SSSR count). The molecule has 0 radical (unpaired) electrons. The van der Waals surface area contributed by atoms with E-state index in [0.717, 1.165) is 50.7 Å². The largest absolute Gasteiger partial charge is 0.463 e. The van der Waals surface area contributed by atoms with E-state index in [0.29, 0.717) is 26.2 Å². The summed E-state index contributed by atoms with van der Waals surface area (Å²) in [5.74, 6) is 0.930. The molecule has 0 aromatic heterocycles. The number of rotatable bonds is 8. The molecule has 0 aliphatic carbocycles. The van der Waals surface area contributed by atoms with Crippen LogP contribution in [0.15, 0.2) is 63.3 Å². The highest BCUT2D eigenvalue weighted by molar-refractivity contribution is 7.99. The maximum atomic E-state index is 11.3. The van der Waals surface area contributed by atoms with Gasteiger partial charge in [-0.15, -0.1) is 0 Å². The van der Waals surface area contributed by atoms with Crippen molar-refractivity contribution >= 4 is 29.3 Å². The van der Waals surface area contributed by atoms with Crippen molar-refractivity contribution in [3.05, 3.63) is 54.1 Å². The Kier molecular flexibility index (Phi) is 8.20. The number of esters is 1. The zero-order valence-electron chi connectivity index (χ0n) is 18.7. The summed E-state index contributed by atoms with van der Waals surface area (Å²) in [5.41, 5.74) is 2.25. The number of carbonyl (C=O) groups is 1. The summed E-state index contributed by atoms with van der Waals surface area (Å²) < 4.78 is 10.8. The van der Waals surface area contributed by atoms with Crippen LogP contribution in [0.4, 0.5) is 5.69 Å². The highest BCUT2D eigenvalue weighted by atomic mass is 32.2. The van der Waals surface area contributed by atoms with Crippen LogP contribution in [-0.4, -0.2) is 74.1 Å². The molecule has 0 unspecified atom stereocenters. The van der Waals surface area contributed by atoms with E-state index in [1.807, 2.05) is 6.92 Å². The molecule has 0 atom stereocenters. The van der Waals surface area contributed by atoms with Gasteiger partial charge in [-0.1, -0.05) is 49.0 Å². The zero-order chi connectivity index (χ0) is 22.2. The minimum atomic E-state index is -0.142. The third-order valence-electron chi connectivity index (χ3n) is 5.61. The molecule has 2 aromatic carbocycles. The Morgan fingerprint density at radius 3 is 2.53 bits per heavy atom. The number of aliphatic imine (C=N–C) groups is 1. The fourth-order valence-electron chi connectivity index (χ4n) is 3.88. The van der Waals surface area contributed by atoms with Gasteiger partial charge >= 0.3 is 5.97 Å². The lowest BCUT2D eigenvalue weighted by Gasteiger charge is -2.36. The Bertz CT molecular complexity index is 942. The van der Waals surface area contributed by atoms with Crippen molar-refractivity contribution in [1.82, 2.24) is 9.80 Å². The van der Waals surface area contributed by atoms with Gasteiger partial charge in [-0.05, 0) is 24.6 Å². The molecule has 0 amide bonds. The molecule has 2 heterocycles. The monoisotopic (exact) mass is 453 g/mol. The second-order valence-electron chi connectivity index (χ2n) is 7.91. The van der Waals surface area contributed by atoms with Gasteiger partial charge in [0.05, 0.1) is 18.9 Å². The Morgan fingerprint density at radius 1 is 0.969 bits per heavy atom. The molecule has 2 aliphatic heterocycles. The van der Waals surface area contributed by atoms with Crippen molar-refractivity contribution in [3.63, 3.8) is 0 Å². The minimum Gasteiger partial charge on any atom is -0.463 e. The maximum absolute atomic E-state index is 11.3. The molecule has 7 heteroatoms. The first kappa shape index (κ1) is 22.8. The van der Waals surface area contributed by atoms with Crippen LogP contribution in [0, 0.1) is 0 Å². The number of ether oxygens (including phenoxy) is 2. The van der Waals surface area contributed by atoms with E-state index in [-0.39, 0.29) is 5.97 Å². The van der Waals surface area contributed by atoms with Gasteiger partial charge in [-0.2, -0.15) is 0 Å². The standard InChI is InChI=1S/C25H31N3O3S/c1-2-7-24(29)31-19-18-30-17-16-27-12-14-28(15-13-27)25-20-8-3-5-10-22(20)32-23-11-6-4-9-21(23)26-25/h3-6,8-11H,2,7,12-19H2,1H3. The number of carbonyl (C=O) groups excluding carboxylic acids is 1. The minimum absolute atomic E-state index is 0.142. The van der Waals surface area contributed by atoms with Gasteiger partial charge in [0, 0.05) is 54.5 Å². The maximum Gasteiger partial charge on any atom is 0.305 e. The van der Waals surface area contributed by atoms with Crippen molar-refractivity contribution in [2.24, 2.45) is 4.99 Å². The average molecular weight is 454 g/mol. The Balaban J connectivity index is 1.29. The molecule has 0 spiro atoms. The summed E-state index contributed by atoms with van der Waals surface area (Å²) in [5, 5.41) is 0. The van der Waals surface area contributed by atoms with Gasteiger partial charge < -0.3 is 14.4 Å². The van der Waals surface area contributed by atoms with E-state index >= 15 is 0 Å². The van der Waals surface area contributed by atoms with E-state index in [1.54, 1.807) is 11.8 Å². The van der Waals surface area contributed by atoms with Crippen LogP contribution in [0.1, 0.15) is 25.3 Å². The van der Waals surface area contributed by atoms with E-state index in [2.05, 4.69) is 58.3 Å². The van der Waals surface area contributed by atoms with Gasteiger partial charge in [0.1, 0.15) is 12.4 Å². The number of piperazine rings is 1. The van der Waals surface area contributed by atoms with Crippen LogP contribution in [0.3, 0.4) is 0 Å². The number of hydrogen-bond donors (Lipinski definition) is 0. The van der Waals surface area contributed by atoms with Gasteiger partial charge in [0.25, 0.3) is 0 Å². The number of para-hydroxylation sites is 1. The smallest absolute Gasteiger partial charge is 0.305 e. The highest BCUT2D eigenvalue weighted by Crippen LogP contribution is 2.40. The summed E-state index contributed by atoms with van der Waals surface area (Å²) in [7, 11) is 0. The summed E-state index contributed by atoms with van der Waals surface area (Å²) in [4.78, 5) is 23.7. The summed E-state index contributed by atoms with van der Waals surface area (Å²) in [6.07, 6.45) is 1.29. The highest BCUT2D eigenvalue weighted by Gasteiger charge is 2.25. The Hall–Kier alpha value is -2.35. The lowest BCUT2D eigenvalue weighted by Crippen LogP contribution is -2.49. The van der Waals surface area contributed by atoms with Gasteiger partial charge in [-0.3, -0.25) is 9.69 Å². The molecule has 1 fully saturated rings. The topological polar surface area (TPSA) is 54.4 Å². The number of fused-ring (bicyclic) bond motifs is 2. The number of hydrogen-bond acceptors (Lipinski definition) is 7. The molecule has 2 aromatic rings. The molecule has 2 aliphatic rings. The van der Waals surface area contributed by atoms with E-state index in [9.17, 15) is 4.79 Å². The Labute approximate surface area is 194 Å². The molecule has 1 saturated heterocycles. The number of benzene rings is 2. The molecule has 0 N–H and O–H groups in total. The fourth-order valence-corrected chi connectivity index (χ4v) is 4.90. The van der Waals surface area contributed by atoms with Gasteiger partial charge in [0.2, 0.25) is 0 Å². The summed E-state index contributed by atoms with van der Waals surface area (Å²) in [6.45, 7) is 8.14. The van der Waals surface area contributed by atoms with Gasteiger partial charge in [0.15, 0.2) is 0 Å². The van der Waals surface area contributed by atoms with Crippen LogP contribution in [0.5, 0.6) is 0 Å². The predicted molar refractivity (Wildman–Crippen MR) is 128 cm³/mol. The molecule has 32 heavy (non-hydrogen) atoms. The normalized spacial score (nSPS) is 16.0. The van der Waals surface area contributed by atoms with Crippen LogP contribution < -0.4 is 0 Å². The lowest BCUT2D eigenvalue weighted by atomic mass is 10.1. The van der Waals surface area contributed by atoms with Gasteiger partial charge in [-0.25, -0.2) is 4.99 Å². The molecular weight excluding hydrogens is 422 g/mol. The van der Waals surface area contributed by atoms with E-state index in [4.69, 9.17) is 14.5 Å². The summed E-state index contributed by atoms with van der Waals surface area (Å²) >= 11 is 1.79. The third-order valence-corrected chi connectivity index (χ3v) is 6.75. The first-order chi connectivity index (χ1) is 15.7. The first-order valence-electron chi connectivity index (χ1n) is 11.4. The second kappa shape index (κ2) is 11.5. The third kappa shape index (κ3) is 5.91. The van der Waals surface area contributed by atoms with Crippen molar-refractivity contribution < 1.29 is 14.3 Å². The zero-order valence-corrected chi connectivity index (χ0v) is 19.5. The van der Waals surface area contributed by atoms with E-state index < -0.39 is 0 Å². The Morgan fingerprint density at radius 2 is 1.72 bits per heavy atom. The van der Waals surface area contributed by atoms with E-state index in [1.165, 1.54) is 15.4 Å². The quantitative estimate of drug-likeness (QED) is 0.441. The average Bonchev–Trinajstić information content (AvgIpc) is 2.99. The van der Waals surface area contributed by atoms with Crippen LogP contribution in [0.25, 0.3) is 0 Å². The lowest BCUT2D eigenvalue weighted by molar-refractivity contribution is -0.145.